The van der Waals surface area contributed by atoms with E-state index in [9.17, 15) is 4.79 Å². The van der Waals surface area contributed by atoms with Gasteiger partial charge in [0, 0.05) is 6.42 Å². The highest BCUT2D eigenvalue weighted by Crippen LogP contribution is 2.51. The number of allylic oxidation sites excluding steroid dienone is 2. The predicted octanol–water partition coefficient (Wildman–Crippen LogP) is 5.28. The number of hydrogen-bond acceptors (Lipinski definition) is 1. The summed E-state index contributed by atoms with van der Waals surface area (Å²) in [4.78, 5) is 11.7. The van der Waals surface area contributed by atoms with Crippen molar-refractivity contribution in [3.63, 3.8) is 0 Å². The molecule has 0 heterocycles. The third-order valence-corrected chi connectivity index (χ3v) is 6.07. The number of carbonyl (C=O) groups excluding carboxylic acids is 1. The van der Waals surface area contributed by atoms with E-state index in [4.69, 9.17) is 0 Å². The van der Waals surface area contributed by atoms with Crippen molar-refractivity contribution in [2.75, 3.05) is 0 Å². The largest absolute Gasteiger partial charge is 0.295 e. The zero-order chi connectivity index (χ0) is 15.6. The Morgan fingerprint density at radius 2 is 1.86 bits per heavy atom. The Morgan fingerprint density at radius 3 is 2.59 bits per heavy atom. The number of carbonyl (C=O) groups is 1. The summed E-state index contributed by atoms with van der Waals surface area (Å²) in [6.07, 6.45) is 11.1. The molecule has 0 unspecified atom stereocenters. The van der Waals surface area contributed by atoms with Gasteiger partial charge in [-0.2, -0.15) is 0 Å². The molecule has 0 aliphatic heterocycles. The first-order valence-electron chi connectivity index (χ1n) is 8.93. The van der Waals surface area contributed by atoms with Crippen LogP contribution >= 0.6 is 0 Å². The van der Waals surface area contributed by atoms with E-state index in [-0.39, 0.29) is 5.41 Å². The Labute approximate surface area is 134 Å². The van der Waals surface area contributed by atoms with Gasteiger partial charge in [-0.15, -0.1) is 0 Å². The van der Waals surface area contributed by atoms with Crippen LogP contribution in [0.3, 0.4) is 0 Å². The van der Waals surface area contributed by atoms with Crippen LogP contribution in [-0.4, -0.2) is 5.78 Å². The molecule has 0 spiro atoms. The summed E-state index contributed by atoms with van der Waals surface area (Å²) in [6.45, 7) is 4.62. The highest BCUT2D eigenvalue weighted by atomic mass is 16.1. The fourth-order valence-electron chi connectivity index (χ4n) is 4.40. The topological polar surface area (TPSA) is 17.1 Å². The summed E-state index contributed by atoms with van der Waals surface area (Å²) in [5, 5.41) is 0. The van der Waals surface area contributed by atoms with Gasteiger partial charge in [-0.1, -0.05) is 43.7 Å². The average molecular weight is 296 g/mol. The van der Waals surface area contributed by atoms with E-state index in [0.717, 1.165) is 31.6 Å². The van der Waals surface area contributed by atoms with E-state index in [1.54, 1.807) is 0 Å². The third kappa shape index (κ3) is 3.04. The molecule has 118 valence electrons. The van der Waals surface area contributed by atoms with E-state index in [1.807, 2.05) is 6.08 Å². The second kappa shape index (κ2) is 6.40. The summed E-state index contributed by atoms with van der Waals surface area (Å²) in [5.41, 5.74) is 4.62. The first-order chi connectivity index (χ1) is 10.6. The lowest BCUT2D eigenvalue weighted by molar-refractivity contribution is -0.116. The van der Waals surface area contributed by atoms with Gasteiger partial charge >= 0.3 is 0 Å². The van der Waals surface area contributed by atoms with Crippen LogP contribution in [0, 0.1) is 11.3 Å². The third-order valence-electron chi connectivity index (χ3n) is 6.07. The first kappa shape index (κ1) is 15.5. The van der Waals surface area contributed by atoms with Crippen LogP contribution in [0.25, 0.3) is 0 Å². The smallest absolute Gasteiger partial charge is 0.155 e. The quantitative estimate of drug-likeness (QED) is 0.739. The molecular formula is C21H28O. The lowest BCUT2D eigenvalue weighted by Gasteiger charge is -2.46. The molecule has 2 aliphatic rings. The molecule has 22 heavy (non-hydrogen) atoms. The van der Waals surface area contributed by atoms with Crippen LogP contribution < -0.4 is 0 Å². The molecule has 0 N–H and O–H groups in total. The maximum absolute atomic E-state index is 11.7. The highest BCUT2D eigenvalue weighted by molar-refractivity contribution is 5.91. The van der Waals surface area contributed by atoms with Crippen LogP contribution in [0.1, 0.15) is 63.5 Å². The van der Waals surface area contributed by atoms with Crippen molar-refractivity contribution in [3.8, 4) is 0 Å². The Balaban J connectivity index is 1.68. The minimum Gasteiger partial charge on any atom is -0.295 e. The van der Waals surface area contributed by atoms with E-state index in [1.165, 1.54) is 42.4 Å². The monoisotopic (exact) mass is 296 g/mol. The number of rotatable bonds is 4. The number of benzene rings is 1. The molecule has 1 saturated carbocycles. The molecule has 1 heteroatoms. The molecule has 0 amide bonds. The van der Waals surface area contributed by atoms with Gasteiger partial charge in [0.15, 0.2) is 5.78 Å². The van der Waals surface area contributed by atoms with Gasteiger partial charge in [0.2, 0.25) is 0 Å². The van der Waals surface area contributed by atoms with Gasteiger partial charge in [-0.3, -0.25) is 4.79 Å². The summed E-state index contributed by atoms with van der Waals surface area (Å²) in [7, 11) is 0. The normalized spacial score (nSPS) is 28.2. The summed E-state index contributed by atoms with van der Waals surface area (Å²) in [6, 6.07) is 9.13. The van der Waals surface area contributed by atoms with Crippen molar-refractivity contribution in [3.05, 3.63) is 47.0 Å². The number of ketones is 1. The molecule has 2 atom stereocenters. The van der Waals surface area contributed by atoms with Crippen molar-refractivity contribution >= 4 is 5.78 Å². The van der Waals surface area contributed by atoms with Crippen molar-refractivity contribution in [1.82, 2.24) is 0 Å². The number of fused-ring (bicyclic) bond motifs is 1. The highest BCUT2D eigenvalue weighted by Gasteiger charge is 2.41. The van der Waals surface area contributed by atoms with Gasteiger partial charge in [0.1, 0.15) is 0 Å². The molecular weight excluding hydrogens is 268 g/mol. The van der Waals surface area contributed by atoms with Crippen LogP contribution in [0.2, 0.25) is 0 Å². The molecule has 1 fully saturated rings. The Morgan fingerprint density at radius 1 is 1.14 bits per heavy atom. The molecule has 2 aliphatic carbocycles. The van der Waals surface area contributed by atoms with E-state index in [2.05, 4.69) is 38.1 Å². The molecule has 0 saturated heterocycles. The average Bonchev–Trinajstić information content (AvgIpc) is 2.54. The van der Waals surface area contributed by atoms with Gasteiger partial charge in [0.05, 0.1) is 0 Å². The maximum atomic E-state index is 11.7. The van der Waals surface area contributed by atoms with Gasteiger partial charge in [-0.25, -0.2) is 0 Å². The summed E-state index contributed by atoms with van der Waals surface area (Å²) in [5.74, 6) is 1.09. The van der Waals surface area contributed by atoms with Crippen LogP contribution in [0.4, 0.5) is 0 Å². The lowest BCUT2D eigenvalue weighted by Crippen LogP contribution is -2.36. The van der Waals surface area contributed by atoms with E-state index < -0.39 is 0 Å². The van der Waals surface area contributed by atoms with Crippen LogP contribution in [0.15, 0.2) is 35.9 Å². The van der Waals surface area contributed by atoms with Crippen LogP contribution in [-0.2, 0) is 17.6 Å². The van der Waals surface area contributed by atoms with Crippen molar-refractivity contribution in [2.24, 2.45) is 11.3 Å². The molecule has 1 aromatic carbocycles. The minimum atomic E-state index is 0.287. The Kier molecular flexibility index (Phi) is 4.52. The zero-order valence-corrected chi connectivity index (χ0v) is 14.0. The summed E-state index contributed by atoms with van der Waals surface area (Å²) >= 11 is 0. The van der Waals surface area contributed by atoms with Gasteiger partial charge in [-0.05, 0) is 73.5 Å². The molecule has 3 rings (SSSR count). The SMILES string of the molecule is CCc1ccc(CC[C@H]2CCCC3=CC(=O)CC[C@@]32C)cc1. The second-order valence-corrected chi connectivity index (χ2v) is 7.35. The lowest BCUT2D eigenvalue weighted by atomic mass is 9.59. The van der Waals surface area contributed by atoms with Gasteiger partial charge < -0.3 is 0 Å². The number of hydrogen-bond donors (Lipinski definition) is 0. The Bertz CT molecular complexity index is 566. The minimum absolute atomic E-state index is 0.287. The first-order valence-corrected chi connectivity index (χ1v) is 8.93. The van der Waals surface area contributed by atoms with Crippen molar-refractivity contribution in [1.29, 1.82) is 0 Å². The van der Waals surface area contributed by atoms with Crippen molar-refractivity contribution < 1.29 is 4.79 Å². The van der Waals surface area contributed by atoms with Crippen molar-refractivity contribution in [2.45, 2.75) is 65.2 Å². The maximum Gasteiger partial charge on any atom is 0.155 e. The molecule has 0 bridgehead atoms. The molecule has 0 aromatic heterocycles. The molecule has 1 nitrogen and oxygen atoms in total. The fraction of sp³-hybridized carbons (Fsp3) is 0.571. The fourth-order valence-corrected chi connectivity index (χ4v) is 4.40. The Hall–Kier alpha value is -1.37. The summed E-state index contributed by atoms with van der Waals surface area (Å²) < 4.78 is 0. The van der Waals surface area contributed by atoms with E-state index >= 15 is 0 Å². The second-order valence-electron chi connectivity index (χ2n) is 7.35. The van der Waals surface area contributed by atoms with Gasteiger partial charge in [0.25, 0.3) is 0 Å². The van der Waals surface area contributed by atoms with E-state index in [0.29, 0.717) is 5.78 Å². The number of aryl methyl sites for hydroxylation is 2. The predicted molar refractivity (Wildman–Crippen MR) is 91.9 cm³/mol. The standard InChI is InChI=1S/C21H28O/c1-3-16-7-9-17(10-8-16)11-12-18-5-4-6-19-15-20(22)13-14-21(18,19)2/h7-10,15,18H,3-6,11-14H2,1-2H3/t18-,21-/m1/s1. The van der Waals surface area contributed by atoms with Crippen LogP contribution in [0.5, 0.6) is 0 Å². The molecule has 0 radical (unpaired) electrons. The zero-order valence-electron chi connectivity index (χ0n) is 14.0. The molecule has 1 aromatic rings.